The molecule has 4 aromatic rings. The molecule has 2 fully saturated rings. The topological polar surface area (TPSA) is 27.3 Å². The van der Waals surface area contributed by atoms with Gasteiger partial charge >= 0.3 is 0 Å². The molecule has 3 nitrogen and oxygen atoms in total. The lowest BCUT2D eigenvalue weighted by atomic mass is 9.73. The summed E-state index contributed by atoms with van der Waals surface area (Å²) in [7, 11) is 0. The molecule has 0 radical (unpaired) electrons. The van der Waals surface area contributed by atoms with Crippen LogP contribution in [0.5, 0.6) is 0 Å². The van der Waals surface area contributed by atoms with Crippen molar-refractivity contribution in [1.82, 2.24) is 10.2 Å². The molecule has 4 heteroatoms. The highest BCUT2D eigenvalue weighted by atomic mass is 32.2. The Labute approximate surface area is 217 Å². The maximum atomic E-state index is 4.15. The Balaban J connectivity index is 1.33. The molecule has 2 saturated heterocycles. The summed E-state index contributed by atoms with van der Waals surface area (Å²) in [4.78, 5) is 4.08. The molecular formula is C32H31N3S. The normalized spacial score (nSPS) is 27.2. The molecule has 4 aromatic carbocycles. The zero-order valence-electron chi connectivity index (χ0n) is 20.3. The number of likely N-dealkylation sites (tertiary alicyclic amines) is 1. The lowest BCUT2D eigenvalue weighted by Gasteiger charge is -2.37. The molecule has 1 spiro atoms. The van der Waals surface area contributed by atoms with Crippen molar-refractivity contribution in [3.8, 4) is 0 Å². The second-order valence-corrected chi connectivity index (χ2v) is 11.5. The molecular weight excluding hydrogens is 458 g/mol. The summed E-state index contributed by atoms with van der Waals surface area (Å²) >= 11 is 2.00. The Morgan fingerprint density at radius 2 is 1.47 bits per heavy atom. The van der Waals surface area contributed by atoms with E-state index in [2.05, 4.69) is 131 Å². The van der Waals surface area contributed by atoms with Crippen molar-refractivity contribution in [3.63, 3.8) is 0 Å². The van der Waals surface area contributed by atoms with Crippen LogP contribution in [-0.2, 0) is 12.0 Å². The lowest BCUT2D eigenvalue weighted by Crippen LogP contribution is -2.48. The van der Waals surface area contributed by atoms with E-state index in [-0.39, 0.29) is 11.6 Å². The molecule has 180 valence electrons. The van der Waals surface area contributed by atoms with Crippen molar-refractivity contribution in [2.45, 2.75) is 46.8 Å². The van der Waals surface area contributed by atoms with Crippen LogP contribution in [0, 0.1) is 0 Å². The third kappa shape index (κ3) is 3.59. The molecule has 5 atom stereocenters. The van der Waals surface area contributed by atoms with E-state index in [0.717, 1.165) is 13.1 Å². The number of benzene rings is 4. The zero-order chi connectivity index (χ0) is 24.0. The van der Waals surface area contributed by atoms with Crippen LogP contribution < -0.4 is 10.6 Å². The van der Waals surface area contributed by atoms with Crippen molar-refractivity contribution in [2.24, 2.45) is 0 Å². The van der Waals surface area contributed by atoms with Crippen LogP contribution in [0.15, 0.2) is 120 Å². The quantitative estimate of drug-likeness (QED) is 0.304. The Kier molecular flexibility index (Phi) is 5.61. The van der Waals surface area contributed by atoms with Crippen LogP contribution in [-0.4, -0.2) is 29.7 Å². The van der Waals surface area contributed by atoms with Gasteiger partial charge in [0.1, 0.15) is 0 Å². The predicted molar refractivity (Wildman–Crippen MR) is 149 cm³/mol. The Morgan fingerprint density at radius 1 is 0.806 bits per heavy atom. The lowest BCUT2D eigenvalue weighted by molar-refractivity contribution is 0.197. The maximum absolute atomic E-state index is 4.15. The Bertz CT molecular complexity index is 1330. The predicted octanol–water partition coefficient (Wildman–Crippen LogP) is 6.46. The van der Waals surface area contributed by atoms with Crippen LogP contribution in [0.4, 0.5) is 5.69 Å². The minimum Gasteiger partial charge on any atom is -0.369 e. The van der Waals surface area contributed by atoms with Gasteiger partial charge in [0.2, 0.25) is 0 Å². The highest BCUT2D eigenvalue weighted by Crippen LogP contribution is 2.57. The SMILES string of the molecule is c1ccc(CN2CC[C@@]34c5ccccc5N[C@@H]3N[C@H]([C@@H](Sc3ccccc3)c3ccccc3)[C@@H]24)cc1. The molecule has 2 N–H and O–H groups in total. The Morgan fingerprint density at radius 3 is 2.25 bits per heavy atom. The number of fused-ring (bicyclic) bond motifs is 1. The largest absolute Gasteiger partial charge is 0.369 e. The first kappa shape index (κ1) is 22.2. The number of nitrogens with one attached hydrogen (secondary N) is 2. The average molecular weight is 490 g/mol. The Hall–Kier alpha value is -3.05. The second kappa shape index (κ2) is 9.11. The molecule has 3 heterocycles. The molecule has 7 rings (SSSR count). The van der Waals surface area contributed by atoms with E-state index in [1.807, 2.05) is 11.8 Å². The van der Waals surface area contributed by atoms with Gasteiger partial charge in [-0.1, -0.05) is 97.1 Å². The van der Waals surface area contributed by atoms with E-state index in [9.17, 15) is 0 Å². The van der Waals surface area contributed by atoms with Gasteiger partial charge in [0, 0.05) is 34.6 Å². The van der Waals surface area contributed by atoms with Gasteiger partial charge in [-0.05, 0) is 47.9 Å². The molecule has 36 heavy (non-hydrogen) atoms. The van der Waals surface area contributed by atoms with Crippen molar-refractivity contribution < 1.29 is 0 Å². The van der Waals surface area contributed by atoms with E-state index < -0.39 is 0 Å². The highest BCUT2D eigenvalue weighted by molar-refractivity contribution is 7.99. The second-order valence-electron chi connectivity index (χ2n) is 10.3. The molecule has 3 aliphatic heterocycles. The number of nitrogens with zero attached hydrogens (tertiary/aromatic N) is 1. The fraction of sp³-hybridized carbons (Fsp3) is 0.250. The van der Waals surface area contributed by atoms with Gasteiger partial charge in [-0.2, -0.15) is 0 Å². The smallest absolute Gasteiger partial charge is 0.0887 e. The fourth-order valence-corrected chi connectivity index (χ4v) is 8.19. The zero-order valence-corrected chi connectivity index (χ0v) is 21.1. The minimum atomic E-state index is 0.0698. The summed E-state index contributed by atoms with van der Waals surface area (Å²) in [5, 5.41) is 8.35. The van der Waals surface area contributed by atoms with Crippen LogP contribution in [0.25, 0.3) is 0 Å². The van der Waals surface area contributed by atoms with Gasteiger partial charge in [-0.25, -0.2) is 0 Å². The molecule has 0 unspecified atom stereocenters. The van der Waals surface area contributed by atoms with Crippen LogP contribution >= 0.6 is 11.8 Å². The molecule has 0 amide bonds. The summed E-state index contributed by atoms with van der Waals surface area (Å²) in [6, 6.07) is 42.7. The van der Waals surface area contributed by atoms with E-state index in [1.165, 1.54) is 33.7 Å². The van der Waals surface area contributed by atoms with E-state index in [4.69, 9.17) is 0 Å². The first-order chi connectivity index (χ1) is 17.8. The van der Waals surface area contributed by atoms with Gasteiger partial charge in [-0.15, -0.1) is 11.8 Å². The fourth-order valence-electron chi connectivity index (χ4n) is 6.91. The number of anilines is 1. The third-order valence-electron chi connectivity index (χ3n) is 8.37. The summed E-state index contributed by atoms with van der Waals surface area (Å²) in [5.74, 6) is 0. The number of hydrogen-bond acceptors (Lipinski definition) is 4. The monoisotopic (exact) mass is 489 g/mol. The van der Waals surface area contributed by atoms with Gasteiger partial charge < -0.3 is 5.32 Å². The van der Waals surface area contributed by atoms with Gasteiger partial charge in [-0.3, -0.25) is 10.2 Å². The first-order valence-electron chi connectivity index (χ1n) is 13.0. The van der Waals surface area contributed by atoms with Gasteiger partial charge in [0.15, 0.2) is 0 Å². The van der Waals surface area contributed by atoms with Crippen LogP contribution in [0.2, 0.25) is 0 Å². The number of hydrogen-bond donors (Lipinski definition) is 2. The van der Waals surface area contributed by atoms with Gasteiger partial charge in [0.25, 0.3) is 0 Å². The third-order valence-corrected chi connectivity index (χ3v) is 9.73. The highest BCUT2D eigenvalue weighted by Gasteiger charge is 2.65. The average Bonchev–Trinajstić information content (AvgIpc) is 3.56. The van der Waals surface area contributed by atoms with E-state index in [1.54, 1.807) is 0 Å². The maximum Gasteiger partial charge on any atom is 0.0887 e. The van der Waals surface area contributed by atoms with Crippen molar-refractivity contribution in [2.75, 3.05) is 11.9 Å². The van der Waals surface area contributed by atoms with E-state index in [0.29, 0.717) is 17.3 Å². The van der Waals surface area contributed by atoms with Gasteiger partial charge in [0.05, 0.1) is 11.4 Å². The minimum absolute atomic E-state index is 0.0698. The molecule has 0 aliphatic carbocycles. The summed E-state index contributed by atoms with van der Waals surface area (Å²) < 4.78 is 0. The summed E-state index contributed by atoms with van der Waals surface area (Å²) in [6.45, 7) is 2.10. The molecule has 0 aromatic heterocycles. The number of rotatable bonds is 6. The summed E-state index contributed by atoms with van der Waals surface area (Å²) in [5.41, 5.74) is 5.64. The molecule has 0 saturated carbocycles. The van der Waals surface area contributed by atoms with Crippen molar-refractivity contribution >= 4 is 17.4 Å². The van der Waals surface area contributed by atoms with Crippen LogP contribution in [0.3, 0.4) is 0 Å². The van der Waals surface area contributed by atoms with Crippen molar-refractivity contribution in [1.29, 1.82) is 0 Å². The van der Waals surface area contributed by atoms with Crippen LogP contribution in [0.1, 0.15) is 28.4 Å². The molecule has 0 bridgehead atoms. The van der Waals surface area contributed by atoms with E-state index >= 15 is 0 Å². The molecule has 3 aliphatic rings. The number of thioether (sulfide) groups is 1. The van der Waals surface area contributed by atoms with Crippen molar-refractivity contribution in [3.05, 3.63) is 132 Å². The first-order valence-corrected chi connectivity index (χ1v) is 13.9. The summed E-state index contributed by atoms with van der Waals surface area (Å²) in [6.07, 6.45) is 1.41. The standard InChI is InChI=1S/C32H31N3S/c1-4-12-23(13-5-1)22-35-21-20-32-26-18-10-11-19-27(26)33-31(32)34-28(30(32)35)29(24-14-6-2-7-15-24)36-25-16-8-3-9-17-25/h1-19,28-31,33-34H,20-22H2/t28-,29+,30-,31-,32+/m1/s1. The number of para-hydroxylation sites is 1.